The van der Waals surface area contributed by atoms with Gasteiger partial charge in [-0.1, -0.05) is 13.3 Å². The molecule has 1 aliphatic heterocycles. The van der Waals surface area contributed by atoms with Gasteiger partial charge in [-0.05, 0) is 57.7 Å². The average molecular weight is 267 g/mol. The van der Waals surface area contributed by atoms with E-state index in [0.29, 0.717) is 17.9 Å². The summed E-state index contributed by atoms with van der Waals surface area (Å²) in [6.45, 7) is 6.29. The maximum Gasteiger partial charge on any atom is 0.223 e. The van der Waals surface area contributed by atoms with Gasteiger partial charge >= 0.3 is 0 Å². The highest BCUT2D eigenvalue weighted by atomic mass is 16.1. The number of hydrogen-bond acceptors (Lipinski definition) is 3. The molecule has 19 heavy (non-hydrogen) atoms. The Labute approximate surface area is 117 Å². The molecule has 1 heterocycles. The molecule has 0 radical (unpaired) electrons. The molecule has 0 spiro atoms. The van der Waals surface area contributed by atoms with E-state index in [-0.39, 0.29) is 5.92 Å². The van der Waals surface area contributed by atoms with E-state index in [4.69, 9.17) is 0 Å². The third-order valence-corrected chi connectivity index (χ3v) is 4.48. The minimum atomic E-state index is 0.249. The SMILES string of the molecule is CCNCC1CCCC(C(=O)NC2CCCNC2)C1. The molecule has 4 nitrogen and oxygen atoms in total. The van der Waals surface area contributed by atoms with Crippen LogP contribution in [0.25, 0.3) is 0 Å². The van der Waals surface area contributed by atoms with Gasteiger partial charge in [-0.2, -0.15) is 0 Å². The van der Waals surface area contributed by atoms with Crippen LogP contribution in [0, 0.1) is 11.8 Å². The van der Waals surface area contributed by atoms with Crippen molar-refractivity contribution in [3.05, 3.63) is 0 Å². The van der Waals surface area contributed by atoms with E-state index in [0.717, 1.165) is 45.4 Å². The maximum absolute atomic E-state index is 12.3. The summed E-state index contributed by atoms with van der Waals surface area (Å²) in [6.07, 6.45) is 6.94. The van der Waals surface area contributed by atoms with Gasteiger partial charge < -0.3 is 16.0 Å². The molecule has 0 bridgehead atoms. The van der Waals surface area contributed by atoms with Crippen molar-refractivity contribution in [2.24, 2.45) is 11.8 Å². The third kappa shape index (κ3) is 4.77. The fraction of sp³-hybridized carbons (Fsp3) is 0.933. The van der Waals surface area contributed by atoms with Crippen molar-refractivity contribution < 1.29 is 4.79 Å². The van der Waals surface area contributed by atoms with Gasteiger partial charge in [-0.15, -0.1) is 0 Å². The molecule has 1 saturated heterocycles. The predicted molar refractivity (Wildman–Crippen MR) is 78.0 cm³/mol. The molecule has 2 fully saturated rings. The van der Waals surface area contributed by atoms with Crippen molar-refractivity contribution in [1.29, 1.82) is 0 Å². The summed E-state index contributed by atoms with van der Waals surface area (Å²) in [6, 6.07) is 0.357. The van der Waals surface area contributed by atoms with E-state index in [1.807, 2.05) is 0 Å². The van der Waals surface area contributed by atoms with Gasteiger partial charge in [-0.25, -0.2) is 0 Å². The highest BCUT2D eigenvalue weighted by molar-refractivity contribution is 5.79. The average Bonchev–Trinajstić information content (AvgIpc) is 2.46. The Balaban J connectivity index is 1.74. The van der Waals surface area contributed by atoms with Crippen LogP contribution >= 0.6 is 0 Å². The van der Waals surface area contributed by atoms with Gasteiger partial charge in [0, 0.05) is 18.5 Å². The zero-order valence-corrected chi connectivity index (χ0v) is 12.2. The third-order valence-electron chi connectivity index (χ3n) is 4.48. The maximum atomic E-state index is 12.3. The molecule has 2 rings (SSSR count). The van der Waals surface area contributed by atoms with Crippen molar-refractivity contribution in [2.75, 3.05) is 26.2 Å². The standard InChI is InChI=1S/C15H29N3O/c1-2-16-10-12-5-3-6-13(9-12)15(19)18-14-7-4-8-17-11-14/h12-14,16-17H,2-11H2,1H3,(H,18,19). The number of carbonyl (C=O) groups excluding carboxylic acids is 1. The molecular weight excluding hydrogens is 238 g/mol. The molecule has 1 saturated carbocycles. The second-order valence-corrected chi connectivity index (χ2v) is 6.09. The van der Waals surface area contributed by atoms with Crippen LogP contribution in [0.4, 0.5) is 0 Å². The first kappa shape index (κ1) is 14.8. The van der Waals surface area contributed by atoms with Gasteiger partial charge in [-0.3, -0.25) is 4.79 Å². The van der Waals surface area contributed by atoms with Gasteiger partial charge in [0.25, 0.3) is 0 Å². The van der Waals surface area contributed by atoms with Gasteiger partial charge in [0.1, 0.15) is 0 Å². The number of amides is 1. The van der Waals surface area contributed by atoms with Crippen LogP contribution in [0.5, 0.6) is 0 Å². The lowest BCUT2D eigenvalue weighted by Crippen LogP contribution is -2.48. The summed E-state index contributed by atoms with van der Waals surface area (Å²) < 4.78 is 0. The van der Waals surface area contributed by atoms with Crippen molar-refractivity contribution in [1.82, 2.24) is 16.0 Å². The Morgan fingerprint density at radius 1 is 1.26 bits per heavy atom. The van der Waals surface area contributed by atoms with Crippen LogP contribution < -0.4 is 16.0 Å². The first-order chi connectivity index (χ1) is 9.29. The zero-order chi connectivity index (χ0) is 13.5. The van der Waals surface area contributed by atoms with E-state index in [1.165, 1.54) is 19.3 Å². The number of piperidine rings is 1. The molecule has 1 amide bonds. The van der Waals surface area contributed by atoms with Crippen molar-refractivity contribution in [3.8, 4) is 0 Å². The normalized spacial score (nSPS) is 31.9. The van der Waals surface area contributed by atoms with Crippen LogP contribution in [0.3, 0.4) is 0 Å². The first-order valence-corrected chi connectivity index (χ1v) is 8.01. The van der Waals surface area contributed by atoms with Gasteiger partial charge in [0.2, 0.25) is 5.91 Å². The second kappa shape index (κ2) is 7.85. The minimum Gasteiger partial charge on any atom is -0.352 e. The van der Waals surface area contributed by atoms with E-state index < -0.39 is 0 Å². The van der Waals surface area contributed by atoms with E-state index in [2.05, 4.69) is 22.9 Å². The summed E-state index contributed by atoms with van der Waals surface area (Å²) in [7, 11) is 0. The lowest BCUT2D eigenvalue weighted by atomic mass is 9.80. The Morgan fingerprint density at radius 2 is 2.16 bits per heavy atom. The van der Waals surface area contributed by atoms with E-state index in [1.54, 1.807) is 0 Å². The number of rotatable bonds is 5. The monoisotopic (exact) mass is 267 g/mol. The van der Waals surface area contributed by atoms with Crippen LogP contribution in [0.15, 0.2) is 0 Å². The molecule has 1 aliphatic carbocycles. The lowest BCUT2D eigenvalue weighted by molar-refractivity contribution is -0.127. The molecule has 3 unspecified atom stereocenters. The van der Waals surface area contributed by atoms with Crippen LogP contribution in [-0.4, -0.2) is 38.1 Å². The molecule has 110 valence electrons. The van der Waals surface area contributed by atoms with Crippen molar-refractivity contribution >= 4 is 5.91 Å². The van der Waals surface area contributed by atoms with Crippen molar-refractivity contribution in [2.45, 2.75) is 51.5 Å². The number of hydrogen-bond donors (Lipinski definition) is 3. The highest BCUT2D eigenvalue weighted by Gasteiger charge is 2.28. The number of carbonyl (C=O) groups is 1. The highest BCUT2D eigenvalue weighted by Crippen LogP contribution is 2.29. The summed E-state index contributed by atoms with van der Waals surface area (Å²) in [5, 5.41) is 10.0. The largest absolute Gasteiger partial charge is 0.352 e. The smallest absolute Gasteiger partial charge is 0.223 e. The fourth-order valence-electron chi connectivity index (χ4n) is 3.36. The summed E-state index contributed by atoms with van der Waals surface area (Å²) >= 11 is 0. The summed E-state index contributed by atoms with van der Waals surface area (Å²) in [5.41, 5.74) is 0. The second-order valence-electron chi connectivity index (χ2n) is 6.09. The van der Waals surface area contributed by atoms with Crippen LogP contribution in [0.2, 0.25) is 0 Å². The Bertz CT molecular complexity index is 277. The van der Waals surface area contributed by atoms with Gasteiger partial charge in [0.15, 0.2) is 0 Å². The Kier molecular flexibility index (Phi) is 6.11. The molecule has 0 aromatic rings. The zero-order valence-electron chi connectivity index (χ0n) is 12.2. The predicted octanol–water partition coefficient (Wildman–Crippen LogP) is 1.27. The summed E-state index contributed by atoms with van der Waals surface area (Å²) in [5.74, 6) is 1.24. The number of nitrogens with one attached hydrogen (secondary N) is 3. The topological polar surface area (TPSA) is 53.2 Å². The molecule has 2 aliphatic rings. The molecule has 0 aromatic carbocycles. The summed E-state index contributed by atoms with van der Waals surface area (Å²) in [4.78, 5) is 12.3. The minimum absolute atomic E-state index is 0.249. The van der Waals surface area contributed by atoms with E-state index in [9.17, 15) is 4.79 Å². The molecule has 3 N–H and O–H groups in total. The van der Waals surface area contributed by atoms with E-state index >= 15 is 0 Å². The van der Waals surface area contributed by atoms with Crippen molar-refractivity contribution in [3.63, 3.8) is 0 Å². The Morgan fingerprint density at radius 3 is 2.89 bits per heavy atom. The van der Waals surface area contributed by atoms with Crippen LogP contribution in [0.1, 0.15) is 45.4 Å². The fourth-order valence-corrected chi connectivity index (χ4v) is 3.36. The molecular formula is C15H29N3O. The molecule has 0 aromatic heterocycles. The Hall–Kier alpha value is -0.610. The van der Waals surface area contributed by atoms with Gasteiger partial charge in [0.05, 0.1) is 0 Å². The quantitative estimate of drug-likeness (QED) is 0.703. The lowest BCUT2D eigenvalue weighted by Gasteiger charge is -2.31. The molecule has 3 atom stereocenters. The first-order valence-electron chi connectivity index (χ1n) is 8.01. The molecule has 4 heteroatoms. The van der Waals surface area contributed by atoms with Crippen LogP contribution in [-0.2, 0) is 4.79 Å².